The minimum atomic E-state index is -0.764. The van der Waals surface area contributed by atoms with Crippen molar-refractivity contribution in [3.63, 3.8) is 0 Å². The average molecular weight is 906 g/mol. The van der Waals surface area contributed by atoms with E-state index in [1.807, 2.05) is 0 Å². The van der Waals surface area contributed by atoms with Crippen molar-refractivity contribution in [1.82, 2.24) is 0 Å². The van der Waals surface area contributed by atoms with Gasteiger partial charge in [-0.3, -0.25) is 14.4 Å². The molecule has 0 saturated heterocycles. The zero-order chi connectivity index (χ0) is 47.0. The Balaban J connectivity index is 4.28. The second-order valence-electron chi connectivity index (χ2n) is 21.1. The predicted molar refractivity (Wildman–Crippen MR) is 275 cm³/mol. The van der Waals surface area contributed by atoms with Gasteiger partial charge in [0.25, 0.3) is 0 Å². The lowest BCUT2D eigenvalue weighted by molar-refractivity contribution is -0.167. The van der Waals surface area contributed by atoms with Crippen molar-refractivity contribution in [3.05, 3.63) is 0 Å². The van der Waals surface area contributed by atoms with E-state index in [9.17, 15) is 14.4 Å². The summed E-state index contributed by atoms with van der Waals surface area (Å²) in [7, 11) is 0. The lowest BCUT2D eigenvalue weighted by Gasteiger charge is -2.18. The molecule has 64 heavy (non-hydrogen) atoms. The zero-order valence-electron chi connectivity index (χ0n) is 44.1. The monoisotopic (exact) mass is 905 g/mol. The van der Waals surface area contributed by atoms with Crippen molar-refractivity contribution >= 4 is 17.9 Å². The molecule has 0 amide bonds. The summed E-state index contributed by atoms with van der Waals surface area (Å²) in [5.74, 6) is 1.69. The molecule has 0 saturated carbocycles. The maximum absolute atomic E-state index is 12.8. The summed E-state index contributed by atoms with van der Waals surface area (Å²) in [4.78, 5) is 38.1. The first-order valence-electron chi connectivity index (χ1n) is 28.6. The van der Waals surface area contributed by atoms with Crippen LogP contribution < -0.4 is 0 Å². The molecule has 380 valence electrons. The van der Waals surface area contributed by atoms with Crippen LogP contribution in [0, 0.1) is 17.8 Å². The van der Waals surface area contributed by atoms with Gasteiger partial charge in [0, 0.05) is 19.3 Å². The Bertz CT molecular complexity index is 993. The molecule has 6 heteroatoms. The molecule has 0 aliphatic heterocycles. The van der Waals surface area contributed by atoms with Crippen molar-refractivity contribution in [2.75, 3.05) is 13.2 Å². The molecule has 0 fully saturated rings. The first kappa shape index (κ1) is 62.4. The van der Waals surface area contributed by atoms with Crippen LogP contribution >= 0.6 is 0 Å². The van der Waals surface area contributed by atoms with Gasteiger partial charge < -0.3 is 14.2 Å². The summed E-state index contributed by atoms with van der Waals surface area (Å²) in [6, 6.07) is 0. The van der Waals surface area contributed by atoms with Gasteiger partial charge in [0.05, 0.1) is 0 Å². The number of rotatable bonds is 51. The van der Waals surface area contributed by atoms with Crippen molar-refractivity contribution < 1.29 is 28.6 Å². The second-order valence-corrected chi connectivity index (χ2v) is 21.1. The Morgan fingerprint density at radius 2 is 0.547 bits per heavy atom. The van der Waals surface area contributed by atoms with Gasteiger partial charge in [-0.1, -0.05) is 279 Å². The zero-order valence-corrected chi connectivity index (χ0v) is 44.1. The van der Waals surface area contributed by atoms with E-state index >= 15 is 0 Å². The van der Waals surface area contributed by atoms with Crippen LogP contribution in [-0.2, 0) is 28.6 Å². The Morgan fingerprint density at radius 1 is 0.312 bits per heavy atom. The van der Waals surface area contributed by atoms with Crippen molar-refractivity contribution in [2.24, 2.45) is 17.8 Å². The van der Waals surface area contributed by atoms with E-state index in [-0.39, 0.29) is 31.1 Å². The summed E-state index contributed by atoms with van der Waals surface area (Å²) in [6.45, 7) is 13.8. The van der Waals surface area contributed by atoms with Gasteiger partial charge >= 0.3 is 17.9 Å². The van der Waals surface area contributed by atoms with E-state index in [4.69, 9.17) is 14.2 Å². The standard InChI is InChI=1S/C58H112O6/c1-7-54(6)46-40-34-28-24-25-30-36-42-48-57(60)63-51-55(64-58(61)49-43-37-31-23-19-15-14-17-21-27-33-39-45-53(4)5)50-62-56(59)47-41-35-29-22-18-13-11-9-8-10-12-16-20-26-32-38-44-52(2)3/h52-55H,7-51H2,1-6H3/t54?,55-/m1/s1. The van der Waals surface area contributed by atoms with Gasteiger partial charge in [-0.25, -0.2) is 0 Å². The summed E-state index contributed by atoms with van der Waals surface area (Å²) in [5, 5.41) is 0. The molecule has 0 aromatic heterocycles. The molecule has 0 N–H and O–H groups in total. The molecule has 1 unspecified atom stereocenters. The highest BCUT2D eigenvalue weighted by Crippen LogP contribution is 2.19. The van der Waals surface area contributed by atoms with Crippen LogP contribution in [0.3, 0.4) is 0 Å². The highest BCUT2D eigenvalue weighted by atomic mass is 16.6. The predicted octanol–water partition coefficient (Wildman–Crippen LogP) is 18.7. The molecule has 0 bridgehead atoms. The molecule has 0 aromatic carbocycles. The summed E-state index contributed by atoms with van der Waals surface area (Å²) >= 11 is 0. The Morgan fingerprint density at radius 3 is 0.812 bits per heavy atom. The largest absolute Gasteiger partial charge is 0.462 e. The van der Waals surface area contributed by atoms with Gasteiger partial charge in [0.2, 0.25) is 0 Å². The van der Waals surface area contributed by atoms with E-state index in [0.717, 1.165) is 75.5 Å². The van der Waals surface area contributed by atoms with Crippen LogP contribution in [0.1, 0.15) is 318 Å². The normalized spacial score (nSPS) is 12.6. The third-order valence-corrected chi connectivity index (χ3v) is 13.5. The molecule has 6 nitrogen and oxygen atoms in total. The lowest BCUT2D eigenvalue weighted by Crippen LogP contribution is -2.30. The summed E-state index contributed by atoms with van der Waals surface area (Å²) < 4.78 is 16.9. The number of esters is 3. The number of ether oxygens (including phenoxy) is 3. The van der Waals surface area contributed by atoms with E-state index in [0.29, 0.717) is 19.3 Å². The fourth-order valence-corrected chi connectivity index (χ4v) is 8.79. The SMILES string of the molecule is CCC(C)CCCCCCCCCCC(=O)OC[C@@H](COC(=O)CCCCCCCCCCCCCCCCCCC(C)C)OC(=O)CCCCCCCCCCCCCCC(C)C. The summed E-state index contributed by atoms with van der Waals surface area (Å²) in [5.41, 5.74) is 0. The van der Waals surface area contributed by atoms with E-state index in [2.05, 4.69) is 41.5 Å². The van der Waals surface area contributed by atoms with Crippen LogP contribution in [0.2, 0.25) is 0 Å². The fourth-order valence-electron chi connectivity index (χ4n) is 8.79. The van der Waals surface area contributed by atoms with Gasteiger partial charge in [-0.15, -0.1) is 0 Å². The molecular weight excluding hydrogens is 793 g/mol. The molecule has 0 aromatic rings. The van der Waals surface area contributed by atoms with Gasteiger partial charge in [0.15, 0.2) is 6.10 Å². The Hall–Kier alpha value is -1.59. The number of hydrogen-bond donors (Lipinski definition) is 0. The highest BCUT2D eigenvalue weighted by molar-refractivity contribution is 5.71. The molecule has 0 rings (SSSR count). The highest BCUT2D eigenvalue weighted by Gasteiger charge is 2.19. The number of unbranched alkanes of at least 4 members (excludes halogenated alkanes) is 33. The molecule has 0 heterocycles. The number of hydrogen-bond acceptors (Lipinski definition) is 6. The molecule has 0 aliphatic rings. The Labute approximate surface area is 399 Å². The fraction of sp³-hybridized carbons (Fsp3) is 0.948. The van der Waals surface area contributed by atoms with Crippen LogP contribution in [0.4, 0.5) is 0 Å². The van der Waals surface area contributed by atoms with Gasteiger partial charge in [-0.2, -0.15) is 0 Å². The molecule has 0 radical (unpaired) electrons. The number of carbonyl (C=O) groups excluding carboxylic acids is 3. The lowest BCUT2D eigenvalue weighted by atomic mass is 9.99. The second kappa shape index (κ2) is 49.3. The molecule has 2 atom stereocenters. The quantitative estimate of drug-likeness (QED) is 0.0344. The minimum absolute atomic E-state index is 0.0639. The van der Waals surface area contributed by atoms with Crippen LogP contribution in [0.5, 0.6) is 0 Å². The van der Waals surface area contributed by atoms with Crippen molar-refractivity contribution in [3.8, 4) is 0 Å². The van der Waals surface area contributed by atoms with Crippen LogP contribution in [0.25, 0.3) is 0 Å². The third-order valence-electron chi connectivity index (χ3n) is 13.5. The van der Waals surface area contributed by atoms with Crippen LogP contribution in [-0.4, -0.2) is 37.2 Å². The van der Waals surface area contributed by atoms with Crippen molar-refractivity contribution in [1.29, 1.82) is 0 Å². The molecular formula is C58H112O6. The Kier molecular flexibility index (Phi) is 48.1. The first-order chi connectivity index (χ1) is 31.1. The van der Waals surface area contributed by atoms with Crippen molar-refractivity contribution in [2.45, 2.75) is 324 Å². The van der Waals surface area contributed by atoms with Crippen LogP contribution in [0.15, 0.2) is 0 Å². The topological polar surface area (TPSA) is 78.9 Å². The average Bonchev–Trinajstić information content (AvgIpc) is 3.27. The van der Waals surface area contributed by atoms with Gasteiger partial charge in [0.1, 0.15) is 13.2 Å². The minimum Gasteiger partial charge on any atom is -0.462 e. The van der Waals surface area contributed by atoms with E-state index in [1.165, 1.54) is 199 Å². The molecule has 0 spiro atoms. The van der Waals surface area contributed by atoms with E-state index in [1.54, 1.807) is 0 Å². The molecule has 0 aliphatic carbocycles. The maximum Gasteiger partial charge on any atom is 0.306 e. The summed E-state index contributed by atoms with van der Waals surface area (Å²) in [6.07, 6.45) is 50.9. The smallest absolute Gasteiger partial charge is 0.306 e. The maximum atomic E-state index is 12.8. The third kappa shape index (κ3) is 49.8. The number of carbonyl (C=O) groups is 3. The van der Waals surface area contributed by atoms with Gasteiger partial charge in [-0.05, 0) is 37.0 Å². The first-order valence-corrected chi connectivity index (χ1v) is 28.6. The van der Waals surface area contributed by atoms with E-state index < -0.39 is 6.10 Å².